The van der Waals surface area contributed by atoms with Crippen LogP contribution in [0.1, 0.15) is 30.1 Å². The first-order valence-corrected chi connectivity index (χ1v) is 7.30. The molecule has 0 radical (unpaired) electrons. The van der Waals surface area contributed by atoms with Crippen molar-refractivity contribution in [3.05, 3.63) is 35.6 Å². The van der Waals surface area contributed by atoms with Gasteiger partial charge in [-0.05, 0) is 19.1 Å². The van der Waals surface area contributed by atoms with E-state index in [4.69, 9.17) is 0 Å². The van der Waals surface area contributed by atoms with Crippen LogP contribution in [0, 0.1) is 5.82 Å². The number of rotatable bonds is 4. The van der Waals surface area contributed by atoms with E-state index in [0.717, 1.165) is 0 Å². The van der Waals surface area contributed by atoms with Gasteiger partial charge in [-0.3, -0.25) is 9.59 Å². The largest absolute Gasteiger partial charge is 0.339 e. The number of piperazine rings is 1. The van der Waals surface area contributed by atoms with Crippen molar-refractivity contribution in [2.45, 2.75) is 19.8 Å². The van der Waals surface area contributed by atoms with E-state index in [9.17, 15) is 18.8 Å². The highest BCUT2D eigenvalue weighted by atomic mass is 19.1. The zero-order chi connectivity index (χ0) is 16.1. The van der Waals surface area contributed by atoms with Crippen LogP contribution in [0.3, 0.4) is 0 Å². The van der Waals surface area contributed by atoms with Crippen LogP contribution in [0.25, 0.3) is 0 Å². The van der Waals surface area contributed by atoms with E-state index in [1.807, 2.05) is 0 Å². The first-order chi connectivity index (χ1) is 10.5. The van der Waals surface area contributed by atoms with Crippen LogP contribution >= 0.6 is 0 Å². The van der Waals surface area contributed by atoms with Gasteiger partial charge in [-0.2, -0.15) is 0 Å². The molecule has 6 heteroatoms. The molecule has 0 spiro atoms. The van der Waals surface area contributed by atoms with Crippen molar-refractivity contribution in [2.24, 2.45) is 0 Å². The number of hydrogen-bond acceptors (Lipinski definition) is 3. The lowest BCUT2D eigenvalue weighted by Crippen LogP contribution is -2.50. The molecule has 1 aromatic carbocycles. The highest BCUT2D eigenvalue weighted by molar-refractivity contribution is 5.94. The van der Waals surface area contributed by atoms with Gasteiger partial charge >= 0.3 is 0 Å². The van der Waals surface area contributed by atoms with Crippen LogP contribution in [-0.4, -0.2) is 53.6 Å². The van der Waals surface area contributed by atoms with Gasteiger partial charge in [0, 0.05) is 39.0 Å². The lowest BCUT2D eigenvalue weighted by atomic mass is 10.1. The Morgan fingerprint density at radius 2 is 1.59 bits per heavy atom. The Morgan fingerprint density at radius 3 is 2.18 bits per heavy atom. The number of amides is 2. The summed E-state index contributed by atoms with van der Waals surface area (Å²) in [4.78, 5) is 38.3. The second kappa shape index (κ2) is 7.15. The van der Waals surface area contributed by atoms with Crippen LogP contribution in [0.2, 0.25) is 0 Å². The number of carbonyl (C=O) groups is 3. The van der Waals surface area contributed by atoms with Gasteiger partial charge in [0.25, 0.3) is 5.91 Å². The molecule has 2 amide bonds. The van der Waals surface area contributed by atoms with Crippen molar-refractivity contribution in [1.29, 1.82) is 0 Å². The quantitative estimate of drug-likeness (QED) is 0.846. The highest BCUT2D eigenvalue weighted by Crippen LogP contribution is 2.13. The third kappa shape index (κ3) is 3.90. The molecular formula is C16H19FN2O3. The summed E-state index contributed by atoms with van der Waals surface area (Å²) in [6.45, 7) is 3.03. The Morgan fingerprint density at radius 1 is 1.00 bits per heavy atom. The van der Waals surface area contributed by atoms with E-state index < -0.39 is 5.82 Å². The third-order valence-electron chi connectivity index (χ3n) is 3.71. The smallest absolute Gasteiger partial charge is 0.256 e. The molecule has 0 bridgehead atoms. The normalized spacial score (nSPS) is 14.8. The molecule has 1 aliphatic rings. The molecular weight excluding hydrogens is 287 g/mol. The van der Waals surface area contributed by atoms with E-state index >= 15 is 0 Å². The Balaban J connectivity index is 1.89. The molecule has 0 aliphatic carbocycles. The number of nitrogens with zero attached hydrogens (tertiary/aromatic N) is 2. The van der Waals surface area contributed by atoms with Crippen molar-refractivity contribution < 1.29 is 18.8 Å². The minimum Gasteiger partial charge on any atom is -0.339 e. The number of benzene rings is 1. The van der Waals surface area contributed by atoms with Crippen LogP contribution in [0.5, 0.6) is 0 Å². The molecule has 118 valence electrons. The molecule has 1 aromatic rings. The first-order valence-electron chi connectivity index (χ1n) is 7.30. The molecule has 22 heavy (non-hydrogen) atoms. The summed E-state index contributed by atoms with van der Waals surface area (Å²) in [5.74, 6) is -0.976. The van der Waals surface area contributed by atoms with Crippen molar-refractivity contribution >= 4 is 17.6 Å². The maximum atomic E-state index is 13.6. The minimum atomic E-state index is -0.535. The SMILES string of the molecule is CC(=O)CCC(=O)N1CCN(C(=O)c2ccccc2F)CC1. The summed E-state index contributed by atoms with van der Waals surface area (Å²) in [7, 11) is 0. The van der Waals surface area contributed by atoms with E-state index in [1.165, 1.54) is 25.1 Å². The average Bonchev–Trinajstić information content (AvgIpc) is 2.52. The van der Waals surface area contributed by atoms with Crippen LogP contribution in [0.15, 0.2) is 24.3 Å². The van der Waals surface area contributed by atoms with Crippen LogP contribution in [-0.2, 0) is 9.59 Å². The second-order valence-corrected chi connectivity index (χ2v) is 5.35. The lowest BCUT2D eigenvalue weighted by molar-refractivity contribution is -0.134. The van der Waals surface area contributed by atoms with E-state index in [2.05, 4.69) is 0 Å². The molecule has 5 nitrogen and oxygen atoms in total. The van der Waals surface area contributed by atoms with Gasteiger partial charge < -0.3 is 14.6 Å². The Bertz CT molecular complexity index is 581. The number of Topliss-reactive ketones (excluding diaryl/α,β-unsaturated/α-hetero) is 1. The number of hydrogen-bond donors (Lipinski definition) is 0. The maximum Gasteiger partial charge on any atom is 0.256 e. The van der Waals surface area contributed by atoms with Gasteiger partial charge in [0.05, 0.1) is 5.56 Å². The zero-order valence-corrected chi connectivity index (χ0v) is 12.5. The summed E-state index contributed by atoms with van der Waals surface area (Å²) < 4.78 is 13.6. The molecule has 1 aliphatic heterocycles. The number of ketones is 1. The van der Waals surface area contributed by atoms with Crippen LogP contribution in [0.4, 0.5) is 4.39 Å². The van der Waals surface area contributed by atoms with E-state index in [0.29, 0.717) is 26.2 Å². The molecule has 1 heterocycles. The molecule has 0 unspecified atom stereocenters. The summed E-state index contributed by atoms with van der Waals surface area (Å²) in [5, 5.41) is 0. The molecule has 0 atom stereocenters. The fraction of sp³-hybridized carbons (Fsp3) is 0.438. The first kappa shape index (κ1) is 16.1. The van der Waals surface area contributed by atoms with Crippen molar-refractivity contribution in [3.8, 4) is 0 Å². The standard InChI is InChI=1S/C16H19FN2O3/c1-12(20)6-7-15(21)18-8-10-19(11-9-18)16(22)13-4-2-3-5-14(13)17/h2-5H,6-11H2,1H3. The molecule has 1 saturated heterocycles. The molecule has 0 N–H and O–H groups in total. The summed E-state index contributed by atoms with van der Waals surface area (Å²) in [5.41, 5.74) is 0.0545. The summed E-state index contributed by atoms with van der Waals surface area (Å²) in [6, 6.07) is 5.88. The lowest BCUT2D eigenvalue weighted by Gasteiger charge is -2.34. The van der Waals surface area contributed by atoms with Gasteiger partial charge in [-0.25, -0.2) is 4.39 Å². The third-order valence-corrected chi connectivity index (χ3v) is 3.71. The monoisotopic (exact) mass is 306 g/mol. The maximum absolute atomic E-state index is 13.6. The Hall–Kier alpha value is -2.24. The highest BCUT2D eigenvalue weighted by Gasteiger charge is 2.25. The second-order valence-electron chi connectivity index (χ2n) is 5.35. The predicted octanol–water partition coefficient (Wildman–Crippen LogP) is 1.48. The average molecular weight is 306 g/mol. The van der Waals surface area contributed by atoms with Gasteiger partial charge in [-0.1, -0.05) is 12.1 Å². The Labute approximate surface area is 128 Å². The van der Waals surface area contributed by atoms with Gasteiger partial charge in [-0.15, -0.1) is 0 Å². The van der Waals surface area contributed by atoms with E-state index in [-0.39, 0.29) is 36.0 Å². The topological polar surface area (TPSA) is 57.7 Å². The number of carbonyl (C=O) groups excluding carboxylic acids is 3. The van der Waals surface area contributed by atoms with Gasteiger partial charge in [0.15, 0.2) is 0 Å². The molecule has 0 aromatic heterocycles. The number of halogens is 1. The van der Waals surface area contributed by atoms with Crippen molar-refractivity contribution in [1.82, 2.24) is 9.80 Å². The van der Waals surface area contributed by atoms with Gasteiger partial charge in [0.2, 0.25) is 5.91 Å². The van der Waals surface area contributed by atoms with Crippen molar-refractivity contribution in [3.63, 3.8) is 0 Å². The minimum absolute atomic E-state index is 0.0123. The fourth-order valence-corrected chi connectivity index (χ4v) is 2.41. The molecule has 1 fully saturated rings. The summed E-state index contributed by atoms with van der Waals surface area (Å²) in [6.07, 6.45) is 0.448. The fourth-order valence-electron chi connectivity index (χ4n) is 2.41. The molecule has 2 rings (SSSR count). The molecule has 0 saturated carbocycles. The van der Waals surface area contributed by atoms with Crippen molar-refractivity contribution in [2.75, 3.05) is 26.2 Å². The predicted molar refractivity (Wildman–Crippen MR) is 78.8 cm³/mol. The zero-order valence-electron chi connectivity index (χ0n) is 12.5. The van der Waals surface area contributed by atoms with E-state index in [1.54, 1.807) is 15.9 Å². The van der Waals surface area contributed by atoms with Gasteiger partial charge in [0.1, 0.15) is 11.6 Å². The Kier molecular flexibility index (Phi) is 5.25. The summed E-state index contributed by atoms with van der Waals surface area (Å²) >= 11 is 0. The van der Waals surface area contributed by atoms with Crippen LogP contribution < -0.4 is 0 Å².